The summed E-state index contributed by atoms with van der Waals surface area (Å²) in [4.78, 5) is 71.3. The molecule has 0 radical (unpaired) electrons. The second kappa shape index (κ2) is 21.9. The molecule has 0 saturated carbocycles. The predicted molar refractivity (Wildman–Crippen MR) is 243 cm³/mol. The van der Waals surface area contributed by atoms with E-state index in [2.05, 4.69) is 55.3 Å². The van der Waals surface area contributed by atoms with Crippen molar-refractivity contribution in [3.63, 3.8) is 0 Å². The summed E-state index contributed by atoms with van der Waals surface area (Å²) in [5.74, 6) is 13.0. The Morgan fingerprint density at radius 1 is 0.714 bits per heavy atom. The first-order valence-electron chi connectivity index (χ1n) is 20.3. The molecule has 63 heavy (non-hydrogen) atoms. The van der Waals surface area contributed by atoms with Gasteiger partial charge >= 0.3 is 12.2 Å². The van der Waals surface area contributed by atoms with Crippen molar-refractivity contribution in [2.24, 2.45) is 5.92 Å². The highest BCUT2D eigenvalue weighted by atomic mass is 35.5. The van der Waals surface area contributed by atoms with E-state index in [0.29, 0.717) is 42.4 Å². The standard InChI is InChI=1S/C47H48N8O6.2ClH/c1-30(2)40(52-46(58)60-3)44(56)54-25-14-22-39(54)43-49-29-37(51-43)34-24-23-32(36(27-34)31-15-7-5-8-16-31)17-11-12-20-35-28-48-42(50-35)38-21-13-26-55(38)45(57)41(53-47(59)61-4)33-18-9-6-10-19-33;;/h5-10,15-16,18-19,23-24,27-30,38-41H,13-14,21-22,25-26H2,1-4H3,(H,48,50)(H,49,51)(H,52,58)(H,53,59);2*1H/t38?,39?,40-,41?;;/m0../s1. The monoisotopic (exact) mass is 892 g/mol. The Morgan fingerprint density at radius 2 is 1.30 bits per heavy atom. The summed E-state index contributed by atoms with van der Waals surface area (Å²) >= 11 is 0. The summed E-state index contributed by atoms with van der Waals surface area (Å²) in [6.07, 6.45) is 5.14. The molecule has 328 valence electrons. The number of alkyl carbamates (subject to hydrolysis) is 2. The number of carbonyl (C=O) groups excluding carboxylic acids is 4. The van der Waals surface area contributed by atoms with Crippen LogP contribution in [0.25, 0.3) is 22.4 Å². The van der Waals surface area contributed by atoms with Crippen molar-refractivity contribution < 1.29 is 28.7 Å². The first kappa shape index (κ1) is 47.3. The predicted octanol–water partition coefficient (Wildman–Crippen LogP) is 7.52. The number of aromatic nitrogens is 4. The van der Waals surface area contributed by atoms with E-state index < -0.39 is 24.3 Å². The number of halogens is 2. The maximum Gasteiger partial charge on any atom is 0.407 e. The summed E-state index contributed by atoms with van der Waals surface area (Å²) in [5.41, 5.74) is 5.60. The van der Waals surface area contributed by atoms with Crippen LogP contribution >= 0.6 is 24.8 Å². The van der Waals surface area contributed by atoms with E-state index in [1.54, 1.807) is 34.3 Å². The topological polar surface area (TPSA) is 175 Å². The van der Waals surface area contributed by atoms with Crippen LogP contribution in [0.2, 0.25) is 0 Å². The van der Waals surface area contributed by atoms with Crippen LogP contribution in [-0.2, 0) is 19.1 Å². The molecule has 0 spiro atoms. The quantitative estimate of drug-likeness (QED) is 0.104. The molecule has 4 amide bonds. The molecule has 2 aromatic heterocycles. The second-order valence-corrected chi connectivity index (χ2v) is 15.2. The van der Waals surface area contributed by atoms with E-state index in [1.165, 1.54) is 14.2 Å². The maximum absolute atomic E-state index is 13.9. The summed E-state index contributed by atoms with van der Waals surface area (Å²) < 4.78 is 9.59. The lowest BCUT2D eigenvalue weighted by Crippen LogP contribution is -2.51. The van der Waals surface area contributed by atoms with E-state index in [9.17, 15) is 19.2 Å². The van der Waals surface area contributed by atoms with E-state index in [0.717, 1.165) is 47.2 Å². The van der Waals surface area contributed by atoms with Gasteiger partial charge in [-0.3, -0.25) is 9.59 Å². The molecular formula is C47H50Cl2N8O6. The van der Waals surface area contributed by atoms with E-state index in [-0.39, 0.29) is 54.6 Å². The molecule has 3 aromatic carbocycles. The number of nitrogens with zero attached hydrogens (tertiary/aromatic N) is 4. The number of rotatable bonds is 10. The number of methoxy groups -OCH3 is 2. The van der Waals surface area contributed by atoms with Gasteiger partial charge in [0, 0.05) is 24.2 Å². The fourth-order valence-corrected chi connectivity index (χ4v) is 7.88. The number of imidazole rings is 2. The zero-order valence-electron chi connectivity index (χ0n) is 35.3. The summed E-state index contributed by atoms with van der Waals surface area (Å²) in [7, 11) is 2.55. The lowest BCUT2D eigenvalue weighted by molar-refractivity contribution is -0.135. The zero-order chi connectivity index (χ0) is 42.9. The van der Waals surface area contributed by atoms with Gasteiger partial charge in [-0.2, -0.15) is 0 Å². The van der Waals surface area contributed by atoms with Crippen molar-refractivity contribution in [1.29, 1.82) is 0 Å². The summed E-state index contributed by atoms with van der Waals surface area (Å²) in [5, 5.41) is 5.39. The molecule has 2 aliphatic rings. The number of hydrogen-bond acceptors (Lipinski definition) is 8. The Bertz CT molecular complexity index is 2510. The SMILES string of the molecule is COC(=O)NC(C(=O)N1CCCC1c1ncc(C#CC#Cc2ccc(-c3cnc(C4CCCN4C(=O)[C@@H](NC(=O)OC)C(C)C)[nH]3)cc2-c2ccccc2)[nH]1)c1ccccc1.Cl.Cl. The minimum absolute atomic E-state index is 0. The number of nitrogens with one attached hydrogen (secondary N) is 4. The summed E-state index contributed by atoms with van der Waals surface area (Å²) in [6.45, 7) is 4.86. The van der Waals surface area contributed by atoms with Crippen molar-refractivity contribution >= 4 is 48.8 Å². The number of likely N-dealkylation sites (tertiary alicyclic amines) is 2. The highest BCUT2D eigenvalue weighted by Gasteiger charge is 2.38. The van der Waals surface area contributed by atoms with Gasteiger partial charge in [0.15, 0.2) is 0 Å². The van der Waals surface area contributed by atoms with Gasteiger partial charge in [-0.25, -0.2) is 19.6 Å². The molecule has 4 heterocycles. The van der Waals surface area contributed by atoms with Gasteiger partial charge in [-0.05, 0) is 78.2 Å². The minimum Gasteiger partial charge on any atom is -0.453 e. The van der Waals surface area contributed by atoms with Gasteiger partial charge in [0.1, 0.15) is 29.4 Å². The molecule has 4 N–H and O–H groups in total. The molecule has 16 heteroatoms. The zero-order valence-corrected chi connectivity index (χ0v) is 37.0. The summed E-state index contributed by atoms with van der Waals surface area (Å²) in [6, 6.07) is 22.9. The van der Waals surface area contributed by atoms with Crippen LogP contribution < -0.4 is 10.6 Å². The average molecular weight is 894 g/mol. The highest BCUT2D eigenvalue weighted by molar-refractivity contribution is 5.88. The van der Waals surface area contributed by atoms with E-state index >= 15 is 0 Å². The lowest BCUT2D eigenvalue weighted by Gasteiger charge is -2.30. The first-order valence-corrected chi connectivity index (χ1v) is 20.3. The van der Waals surface area contributed by atoms with Crippen molar-refractivity contribution in [3.8, 4) is 46.1 Å². The van der Waals surface area contributed by atoms with E-state index in [1.807, 2.05) is 74.5 Å². The number of ether oxygens (including phenoxy) is 2. The van der Waals surface area contributed by atoms with Crippen molar-refractivity contribution in [2.45, 2.75) is 63.7 Å². The van der Waals surface area contributed by atoms with Crippen molar-refractivity contribution in [3.05, 3.63) is 120 Å². The molecule has 2 fully saturated rings. The van der Waals surface area contributed by atoms with Crippen LogP contribution in [-0.4, -0.2) is 87.1 Å². The molecule has 2 saturated heterocycles. The van der Waals surface area contributed by atoms with E-state index in [4.69, 9.17) is 14.5 Å². The molecule has 0 aliphatic carbocycles. The van der Waals surface area contributed by atoms with Crippen molar-refractivity contribution in [2.75, 3.05) is 27.3 Å². The Labute approximate surface area is 379 Å². The number of aromatic amines is 2. The molecule has 5 aromatic rings. The number of hydrogen-bond donors (Lipinski definition) is 4. The van der Waals surface area contributed by atoms with Gasteiger partial charge in [0.25, 0.3) is 5.91 Å². The third kappa shape index (κ3) is 11.0. The molecule has 14 nitrogen and oxygen atoms in total. The van der Waals surface area contributed by atoms with Crippen LogP contribution in [0.1, 0.15) is 86.1 Å². The van der Waals surface area contributed by atoms with Gasteiger partial charge in [0.2, 0.25) is 5.91 Å². The number of benzene rings is 3. The smallest absolute Gasteiger partial charge is 0.407 e. The molecule has 0 bridgehead atoms. The number of amides is 4. The lowest BCUT2D eigenvalue weighted by atomic mass is 9.96. The average Bonchev–Trinajstić information content (AvgIpc) is 4.14. The normalized spacial score (nSPS) is 16.2. The fraction of sp³-hybridized carbons (Fsp3) is 0.319. The Morgan fingerprint density at radius 3 is 1.95 bits per heavy atom. The second-order valence-electron chi connectivity index (χ2n) is 15.2. The maximum atomic E-state index is 13.9. The van der Waals surface area contributed by atoms with Crippen LogP contribution in [0.3, 0.4) is 0 Å². The van der Waals surface area contributed by atoms with Gasteiger partial charge in [-0.1, -0.05) is 86.5 Å². The number of carbonyl (C=O) groups is 4. The number of H-pyrrole nitrogens is 2. The molecule has 3 unspecified atom stereocenters. The minimum atomic E-state index is -0.910. The van der Waals surface area contributed by atoms with Crippen LogP contribution in [0.4, 0.5) is 9.59 Å². The molecular weight excluding hydrogens is 843 g/mol. The van der Waals surface area contributed by atoms with Crippen molar-refractivity contribution in [1.82, 2.24) is 40.4 Å². The Kier molecular flexibility index (Phi) is 16.4. The van der Waals surface area contributed by atoms with Crippen LogP contribution in [0.15, 0.2) is 91.3 Å². The molecule has 2 aliphatic heterocycles. The Balaban J connectivity index is 0.00000374. The van der Waals surface area contributed by atoms with Crippen LogP contribution in [0, 0.1) is 29.6 Å². The highest BCUT2D eigenvalue weighted by Crippen LogP contribution is 2.35. The molecule has 7 rings (SSSR count). The first-order chi connectivity index (χ1) is 29.6. The Hall–Kier alpha value is -6.74. The fourth-order valence-electron chi connectivity index (χ4n) is 7.88. The van der Waals surface area contributed by atoms with Gasteiger partial charge in [0.05, 0.1) is 44.4 Å². The largest absolute Gasteiger partial charge is 0.453 e. The third-order valence-electron chi connectivity index (χ3n) is 11.0. The third-order valence-corrected chi connectivity index (χ3v) is 11.0. The van der Waals surface area contributed by atoms with Gasteiger partial charge < -0.3 is 39.9 Å². The van der Waals surface area contributed by atoms with Crippen LogP contribution in [0.5, 0.6) is 0 Å². The molecule has 4 atom stereocenters. The van der Waals surface area contributed by atoms with Gasteiger partial charge in [-0.15, -0.1) is 24.8 Å².